The van der Waals surface area contributed by atoms with Crippen molar-refractivity contribution in [1.82, 2.24) is 9.80 Å². The van der Waals surface area contributed by atoms with Gasteiger partial charge in [-0.25, -0.2) is 4.39 Å². The minimum absolute atomic E-state index is 0.158. The molecule has 0 saturated carbocycles. The highest BCUT2D eigenvalue weighted by molar-refractivity contribution is 6.31. The van der Waals surface area contributed by atoms with Gasteiger partial charge >= 0.3 is 0 Å². The molecule has 0 amide bonds. The summed E-state index contributed by atoms with van der Waals surface area (Å²) >= 11 is 6.48. The number of hydrogen-bond acceptors (Lipinski definition) is 2. The lowest BCUT2D eigenvalue weighted by molar-refractivity contribution is -0.00908. The van der Waals surface area contributed by atoms with E-state index in [-0.39, 0.29) is 12.0 Å². The molecular formula is C26H28ClFN2. The minimum Gasteiger partial charge on any atom is -0.280 e. The predicted octanol–water partition coefficient (Wildman–Crippen LogP) is 6.45. The van der Waals surface area contributed by atoms with E-state index in [2.05, 4.69) is 47.1 Å². The Bertz CT molecular complexity index is 956. The first-order valence-electron chi connectivity index (χ1n) is 10.7. The molecule has 3 aromatic carbocycles. The van der Waals surface area contributed by atoms with E-state index in [1.165, 1.54) is 11.1 Å². The summed E-state index contributed by atoms with van der Waals surface area (Å²) in [5.41, 5.74) is 4.92. The van der Waals surface area contributed by atoms with Gasteiger partial charge < -0.3 is 0 Å². The van der Waals surface area contributed by atoms with Crippen LogP contribution in [0.1, 0.15) is 41.8 Å². The van der Waals surface area contributed by atoms with Gasteiger partial charge in [0.05, 0.1) is 6.17 Å². The third-order valence-electron chi connectivity index (χ3n) is 5.90. The first kappa shape index (κ1) is 21.0. The van der Waals surface area contributed by atoms with Crippen molar-refractivity contribution in [2.24, 2.45) is 0 Å². The number of halogens is 2. The van der Waals surface area contributed by atoms with Crippen LogP contribution in [0.4, 0.5) is 4.39 Å². The minimum atomic E-state index is -0.190. The summed E-state index contributed by atoms with van der Waals surface area (Å²) in [4.78, 5) is 5.00. The molecule has 30 heavy (non-hydrogen) atoms. The quantitative estimate of drug-likeness (QED) is 0.450. The van der Waals surface area contributed by atoms with Crippen molar-refractivity contribution in [3.8, 4) is 0 Å². The predicted molar refractivity (Wildman–Crippen MR) is 122 cm³/mol. The maximum Gasteiger partial charge on any atom is 0.123 e. The topological polar surface area (TPSA) is 6.48 Å². The highest BCUT2D eigenvalue weighted by Crippen LogP contribution is 2.33. The lowest BCUT2D eigenvalue weighted by atomic mass is 10.0. The molecular weight excluding hydrogens is 395 g/mol. The van der Waals surface area contributed by atoms with Crippen LogP contribution in [0.3, 0.4) is 0 Å². The molecule has 1 fully saturated rings. The van der Waals surface area contributed by atoms with Crippen molar-refractivity contribution in [1.29, 1.82) is 0 Å². The number of aryl methyl sites for hydroxylation is 1. The van der Waals surface area contributed by atoms with E-state index >= 15 is 0 Å². The average molecular weight is 423 g/mol. The van der Waals surface area contributed by atoms with Crippen LogP contribution in [-0.4, -0.2) is 22.9 Å². The van der Waals surface area contributed by atoms with E-state index in [0.29, 0.717) is 0 Å². The molecule has 156 valence electrons. The smallest absolute Gasteiger partial charge is 0.123 e. The number of rotatable bonds is 6. The summed E-state index contributed by atoms with van der Waals surface area (Å²) in [5, 5.41) is 0.813. The zero-order valence-corrected chi connectivity index (χ0v) is 18.2. The molecule has 1 aliphatic heterocycles. The second-order valence-corrected chi connectivity index (χ2v) is 8.39. The molecule has 2 nitrogen and oxygen atoms in total. The largest absolute Gasteiger partial charge is 0.280 e. The lowest BCUT2D eigenvalue weighted by Crippen LogP contribution is -2.46. The Morgan fingerprint density at radius 2 is 1.47 bits per heavy atom. The van der Waals surface area contributed by atoms with Crippen LogP contribution in [0, 0.1) is 5.82 Å². The van der Waals surface area contributed by atoms with Crippen LogP contribution in [0.15, 0.2) is 72.8 Å². The van der Waals surface area contributed by atoms with Gasteiger partial charge in [-0.3, -0.25) is 9.80 Å². The van der Waals surface area contributed by atoms with Gasteiger partial charge in [-0.2, -0.15) is 0 Å². The van der Waals surface area contributed by atoms with Crippen LogP contribution in [0.2, 0.25) is 5.02 Å². The van der Waals surface area contributed by atoms with Gasteiger partial charge in [-0.05, 0) is 53.3 Å². The lowest BCUT2D eigenvalue weighted by Gasteiger charge is -2.44. The normalized spacial score (nSPS) is 17.9. The molecule has 1 unspecified atom stereocenters. The third-order valence-corrected chi connectivity index (χ3v) is 6.27. The van der Waals surface area contributed by atoms with Gasteiger partial charge in [-0.1, -0.05) is 73.1 Å². The van der Waals surface area contributed by atoms with E-state index < -0.39 is 0 Å². The molecule has 0 aromatic heterocycles. The van der Waals surface area contributed by atoms with Gasteiger partial charge in [0.1, 0.15) is 5.82 Å². The maximum absolute atomic E-state index is 13.4. The molecule has 1 saturated heterocycles. The van der Waals surface area contributed by atoms with E-state index in [9.17, 15) is 4.39 Å². The average Bonchev–Trinajstić information content (AvgIpc) is 2.77. The fraction of sp³-hybridized carbons (Fsp3) is 0.308. The molecule has 0 N–H and O–H groups in total. The molecule has 1 heterocycles. The second kappa shape index (κ2) is 9.74. The Labute approximate surface area is 183 Å². The van der Waals surface area contributed by atoms with Crippen molar-refractivity contribution in [3.05, 3.63) is 106 Å². The van der Waals surface area contributed by atoms with Crippen molar-refractivity contribution >= 4 is 11.6 Å². The highest BCUT2D eigenvalue weighted by Gasteiger charge is 2.31. The Morgan fingerprint density at radius 1 is 0.833 bits per heavy atom. The summed E-state index contributed by atoms with van der Waals surface area (Å²) < 4.78 is 13.4. The molecule has 0 aliphatic carbocycles. The van der Waals surface area contributed by atoms with Gasteiger partial charge in [0.25, 0.3) is 0 Å². The van der Waals surface area contributed by atoms with E-state index in [1.54, 1.807) is 12.1 Å². The first-order valence-corrected chi connectivity index (χ1v) is 11.1. The zero-order chi connectivity index (χ0) is 20.9. The van der Waals surface area contributed by atoms with Crippen LogP contribution in [-0.2, 0) is 19.5 Å². The standard InChI is InChI=1S/C26H28ClFN2/c1-2-20-8-12-22(13-9-20)26-29(18-21-10-14-24(28)15-11-21)16-5-17-30(26)19-23-6-3-4-7-25(23)27/h3-4,6-15,26H,2,5,16-19H2,1H3. The van der Waals surface area contributed by atoms with Crippen LogP contribution in [0.25, 0.3) is 0 Å². The Morgan fingerprint density at radius 3 is 2.13 bits per heavy atom. The fourth-order valence-electron chi connectivity index (χ4n) is 4.30. The molecule has 4 heteroatoms. The van der Waals surface area contributed by atoms with Crippen molar-refractivity contribution < 1.29 is 4.39 Å². The number of nitrogens with zero attached hydrogens (tertiary/aromatic N) is 2. The Balaban J connectivity index is 1.64. The summed E-state index contributed by atoms with van der Waals surface area (Å²) in [6.07, 6.45) is 2.29. The van der Waals surface area contributed by atoms with E-state index in [0.717, 1.165) is 55.2 Å². The number of hydrogen-bond donors (Lipinski definition) is 0. The summed E-state index contributed by atoms with van der Waals surface area (Å²) in [6, 6.07) is 23.9. The van der Waals surface area contributed by atoms with Crippen LogP contribution >= 0.6 is 11.6 Å². The van der Waals surface area contributed by atoms with Crippen molar-refractivity contribution in [2.45, 2.75) is 39.0 Å². The van der Waals surface area contributed by atoms with Gasteiger partial charge in [0, 0.05) is 31.2 Å². The van der Waals surface area contributed by atoms with Crippen molar-refractivity contribution in [3.63, 3.8) is 0 Å². The van der Waals surface area contributed by atoms with E-state index in [1.807, 2.05) is 30.3 Å². The molecule has 0 bridgehead atoms. The molecule has 1 aliphatic rings. The summed E-state index contributed by atoms with van der Waals surface area (Å²) in [7, 11) is 0. The molecule has 1 atom stereocenters. The van der Waals surface area contributed by atoms with Crippen LogP contribution < -0.4 is 0 Å². The molecule has 0 radical (unpaired) electrons. The molecule has 3 aromatic rings. The molecule has 0 spiro atoms. The van der Waals surface area contributed by atoms with Crippen LogP contribution in [0.5, 0.6) is 0 Å². The van der Waals surface area contributed by atoms with Gasteiger partial charge in [-0.15, -0.1) is 0 Å². The van der Waals surface area contributed by atoms with E-state index in [4.69, 9.17) is 11.6 Å². The maximum atomic E-state index is 13.4. The monoisotopic (exact) mass is 422 g/mol. The van der Waals surface area contributed by atoms with Crippen molar-refractivity contribution in [2.75, 3.05) is 13.1 Å². The zero-order valence-electron chi connectivity index (χ0n) is 17.4. The summed E-state index contributed by atoms with van der Waals surface area (Å²) in [6.45, 7) is 5.81. The fourth-order valence-corrected chi connectivity index (χ4v) is 4.50. The van der Waals surface area contributed by atoms with Gasteiger partial charge in [0.2, 0.25) is 0 Å². The Hall–Kier alpha value is -2.20. The molecule has 4 rings (SSSR count). The first-order chi connectivity index (χ1) is 14.6. The SMILES string of the molecule is CCc1ccc(C2N(Cc3ccc(F)cc3)CCCN2Cc2ccccc2Cl)cc1. The number of benzene rings is 3. The Kier molecular flexibility index (Phi) is 6.83. The van der Waals surface area contributed by atoms with Gasteiger partial charge in [0.15, 0.2) is 0 Å². The highest BCUT2D eigenvalue weighted by atomic mass is 35.5. The second-order valence-electron chi connectivity index (χ2n) is 7.98. The third kappa shape index (κ3) is 4.92. The summed E-state index contributed by atoms with van der Waals surface area (Å²) in [5.74, 6) is -0.190.